The normalized spacial score (nSPS) is 16.7. The van der Waals surface area contributed by atoms with Crippen molar-refractivity contribution in [3.05, 3.63) is 60.0 Å². The maximum atomic E-state index is 12.8. The molecule has 0 radical (unpaired) electrons. The van der Waals surface area contributed by atoms with Gasteiger partial charge in [-0.3, -0.25) is 4.79 Å². The third kappa shape index (κ3) is 2.79. The molecule has 1 aliphatic heterocycles. The van der Waals surface area contributed by atoms with Crippen molar-refractivity contribution in [1.29, 1.82) is 0 Å². The number of fused-ring (bicyclic) bond motifs is 1. The number of aromatic nitrogens is 6. The summed E-state index contributed by atoms with van der Waals surface area (Å²) in [6.07, 6.45) is 5.06. The highest BCUT2D eigenvalue weighted by atomic mass is 16.2. The number of carbonyl (C=O) groups excluding carboxylic acids is 1. The fourth-order valence-electron chi connectivity index (χ4n) is 3.25. The van der Waals surface area contributed by atoms with E-state index in [0.717, 1.165) is 17.2 Å². The Morgan fingerprint density at radius 1 is 1.32 bits per heavy atom. The van der Waals surface area contributed by atoms with Crippen LogP contribution in [0.3, 0.4) is 0 Å². The predicted octanol–water partition coefficient (Wildman–Crippen LogP) is 1.44. The predicted molar refractivity (Wildman–Crippen MR) is 89.8 cm³/mol. The largest absolute Gasteiger partial charge is 0.327 e. The van der Waals surface area contributed by atoms with E-state index in [1.54, 1.807) is 17.1 Å². The number of imidazole rings is 1. The molecule has 0 saturated heterocycles. The first kappa shape index (κ1) is 15.5. The third-order valence-corrected chi connectivity index (χ3v) is 4.53. The number of rotatable bonds is 3. The van der Waals surface area contributed by atoms with Gasteiger partial charge in [0.05, 0.1) is 24.5 Å². The van der Waals surface area contributed by atoms with Crippen LogP contribution < -0.4 is 0 Å². The molecule has 4 heterocycles. The number of amides is 1. The van der Waals surface area contributed by atoms with E-state index in [4.69, 9.17) is 0 Å². The molecule has 1 unspecified atom stereocenters. The van der Waals surface area contributed by atoms with Gasteiger partial charge in [-0.15, -0.1) is 0 Å². The van der Waals surface area contributed by atoms with E-state index in [1.165, 1.54) is 6.33 Å². The lowest BCUT2D eigenvalue weighted by molar-refractivity contribution is 0.0629. The van der Waals surface area contributed by atoms with Crippen molar-refractivity contribution in [2.45, 2.75) is 33.0 Å². The van der Waals surface area contributed by atoms with E-state index in [0.29, 0.717) is 25.3 Å². The van der Waals surface area contributed by atoms with E-state index in [2.05, 4.69) is 24.6 Å². The Labute approximate surface area is 145 Å². The van der Waals surface area contributed by atoms with Crippen molar-refractivity contribution in [2.75, 3.05) is 6.54 Å². The highest BCUT2D eigenvalue weighted by Gasteiger charge is 2.31. The molecular weight excluding hydrogens is 318 g/mol. The maximum Gasteiger partial charge on any atom is 0.273 e. The zero-order chi connectivity index (χ0) is 17.4. The van der Waals surface area contributed by atoms with E-state index < -0.39 is 0 Å². The average Bonchev–Trinajstić information content (AvgIpc) is 3.26. The molecule has 25 heavy (non-hydrogen) atoms. The highest BCUT2D eigenvalue weighted by molar-refractivity contribution is 5.92. The second-order valence-electron chi connectivity index (χ2n) is 6.19. The van der Waals surface area contributed by atoms with E-state index >= 15 is 0 Å². The van der Waals surface area contributed by atoms with Gasteiger partial charge in [-0.2, -0.15) is 5.10 Å². The first-order valence-electron chi connectivity index (χ1n) is 8.25. The topological polar surface area (TPSA) is 81.7 Å². The summed E-state index contributed by atoms with van der Waals surface area (Å²) in [5.41, 5.74) is 2.38. The summed E-state index contributed by atoms with van der Waals surface area (Å²) >= 11 is 0. The van der Waals surface area contributed by atoms with Crippen LogP contribution in [0, 0.1) is 6.92 Å². The first-order chi connectivity index (χ1) is 12.1. The maximum absolute atomic E-state index is 12.8. The van der Waals surface area contributed by atoms with Crippen molar-refractivity contribution in [3.8, 4) is 0 Å². The fourth-order valence-corrected chi connectivity index (χ4v) is 3.25. The number of nitrogens with zero attached hydrogens (tertiary/aromatic N) is 7. The highest BCUT2D eigenvalue weighted by Crippen LogP contribution is 2.26. The van der Waals surface area contributed by atoms with Crippen LogP contribution in [0.15, 0.2) is 37.1 Å². The Balaban J connectivity index is 1.58. The lowest BCUT2D eigenvalue weighted by Crippen LogP contribution is -2.42. The number of pyridine rings is 1. The molecule has 0 bridgehead atoms. The molecule has 0 fully saturated rings. The van der Waals surface area contributed by atoms with E-state index in [1.807, 2.05) is 37.1 Å². The standard InChI is InChI=1S/C17H19N7O/c1-12-4-3-5-15(21-12)17(25)23-6-7-24-14(8-19-16(24)13(23)2)9-22-11-18-10-20-22/h3-5,8,10-11,13H,6-7,9H2,1-2H3. The Morgan fingerprint density at radius 2 is 2.20 bits per heavy atom. The van der Waals surface area contributed by atoms with Crippen LogP contribution >= 0.6 is 0 Å². The number of aryl methyl sites for hydroxylation is 1. The minimum absolute atomic E-state index is 0.0525. The van der Waals surface area contributed by atoms with Gasteiger partial charge in [0, 0.05) is 18.8 Å². The minimum Gasteiger partial charge on any atom is -0.327 e. The minimum atomic E-state index is -0.104. The Hall–Kier alpha value is -3.03. The molecule has 8 heteroatoms. The lowest BCUT2D eigenvalue weighted by atomic mass is 10.1. The lowest BCUT2D eigenvalue weighted by Gasteiger charge is -2.34. The molecule has 1 aliphatic rings. The molecule has 1 amide bonds. The number of hydrogen-bond donors (Lipinski definition) is 0. The third-order valence-electron chi connectivity index (χ3n) is 4.53. The Bertz CT molecular complexity index is 900. The van der Waals surface area contributed by atoms with E-state index in [9.17, 15) is 4.79 Å². The van der Waals surface area contributed by atoms with Crippen molar-refractivity contribution < 1.29 is 4.79 Å². The van der Waals surface area contributed by atoms with Gasteiger partial charge in [-0.05, 0) is 26.0 Å². The molecule has 3 aromatic heterocycles. The van der Waals surface area contributed by atoms with Crippen LogP contribution in [-0.2, 0) is 13.1 Å². The van der Waals surface area contributed by atoms with Gasteiger partial charge < -0.3 is 9.47 Å². The second kappa shape index (κ2) is 6.12. The molecule has 0 aromatic carbocycles. The SMILES string of the molecule is Cc1cccc(C(=O)N2CCn3c(Cn4cncn4)cnc3C2C)n1. The summed E-state index contributed by atoms with van der Waals surface area (Å²) in [7, 11) is 0. The summed E-state index contributed by atoms with van der Waals surface area (Å²) < 4.78 is 3.93. The van der Waals surface area contributed by atoms with Gasteiger partial charge in [0.25, 0.3) is 5.91 Å². The van der Waals surface area contributed by atoms with Gasteiger partial charge in [-0.1, -0.05) is 6.07 Å². The Kier molecular flexibility index (Phi) is 3.79. The van der Waals surface area contributed by atoms with Crippen LogP contribution in [0.4, 0.5) is 0 Å². The molecule has 1 atom stereocenters. The molecule has 3 aromatic rings. The molecule has 8 nitrogen and oxygen atoms in total. The molecule has 128 valence electrons. The zero-order valence-corrected chi connectivity index (χ0v) is 14.2. The molecule has 4 rings (SSSR count). The summed E-state index contributed by atoms with van der Waals surface area (Å²) in [6, 6.07) is 5.41. The number of carbonyl (C=O) groups is 1. The second-order valence-corrected chi connectivity index (χ2v) is 6.19. The van der Waals surface area contributed by atoms with E-state index in [-0.39, 0.29) is 11.9 Å². The van der Waals surface area contributed by atoms with Crippen LogP contribution in [-0.4, -0.2) is 46.7 Å². The molecule has 0 aliphatic carbocycles. The van der Waals surface area contributed by atoms with Crippen molar-refractivity contribution in [3.63, 3.8) is 0 Å². The summed E-state index contributed by atoms with van der Waals surface area (Å²) in [5, 5.41) is 4.14. The van der Waals surface area contributed by atoms with Gasteiger partial charge in [0.15, 0.2) is 0 Å². The molecule has 0 spiro atoms. The first-order valence-corrected chi connectivity index (χ1v) is 8.25. The molecule has 0 N–H and O–H groups in total. The van der Waals surface area contributed by atoms with Gasteiger partial charge in [0.1, 0.15) is 24.2 Å². The zero-order valence-electron chi connectivity index (χ0n) is 14.2. The van der Waals surface area contributed by atoms with Crippen LogP contribution in [0.5, 0.6) is 0 Å². The average molecular weight is 337 g/mol. The van der Waals surface area contributed by atoms with Crippen molar-refractivity contribution >= 4 is 5.91 Å². The Morgan fingerprint density at radius 3 is 2.96 bits per heavy atom. The van der Waals surface area contributed by atoms with Gasteiger partial charge >= 0.3 is 0 Å². The summed E-state index contributed by atoms with van der Waals surface area (Å²) in [4.78, 5) is 27.6. The molecular formula is C17H19N7O. The van der Waals surface area contributed by atoms with Crippen LogP contribution in [0.25, 0.3) is 0 Å². The van der Waals surface area contributed by atoms with Crippen molar-refractivity contribution in [1.82, 2.24) is 34.2 Å². The van der Waals surface area contributed by atoms with Gasteiger partial charge in [-0.25, -0.2) is 19.6 Å². The smallest absolute Gasteiger partial charge is 0.273 e. The monoisotopic (exact) mass is 337 g/mol. The molecule has 0 saturated carbocycles. The summed E-state index contributed by atoms with van der Waals surface area (Å²) in [6.45, 7) is 5.85. The van der Waals surface area contributed by atoms with Crippen LogP contribution in [0.1, 0.15) is 40.7 Å². The number of hydrogen-bond acceptors (Lipinski definition) is 5. The van der Waals surface area contributed by atoms with Crippen LogP contribution in [0.2, 0.25) is 0 Å². The summed E-state index contributed by atoms with van der Waals surface area (Å²) in [5.74, 6) is 0.839. The quantitative estimate of drug-likeness (QED) is 0.722. The fraction of sp³-hybridized carbons (Fsp3) is 0.353. The van der Waals surface area contributed by atoms with Crippen molar-refractivity contribution in [2.24, 2.45) is 0 Å². The van der Waals surface area contributed by atoms with Gasteiger partial charge in [0.2, 0.25) is 0 Å².